The lowest BCUT2D eigenvalue weighted by molar-refractivity contribution is -0.147. The molecule has 0 spiro atoms. The summed E-state index contributed by atoms with van der Waals surface area (Å²) in [6.07, 6.45) is 6.24. The van der Waals surface area contributed by atoms with Crippen LogP contribution in [0.15, 0.2) is 12.5 Å². The fourth-order valence-electron chi connectivity index (χ4n) is 2.85. The molecule has 0 aromatic carbocycles. The molecule has 1 aliphatic rings. The second kappa shape index (κ2) is 4.51. The Labute approximate surface area is 102 Å². The van der Waals surface area contributed by atoms with Gasteiger partial charge in [-0.2, -0.15) is 0 Å². The van der Waals surface area contributed by atoms with Crippen LogP contribution < -0.4 is 0 Å². The number of aryl methyl sites for hydroxylation is 1. The first kappa shape index (κ1) is 12.1. The maximum absolute atomic E-state index is 11.9. The quantitative estimate of drug-likeness (QED) is 0.750. The zero-order valence-corrected chi connectivity index (χ0v) is 10.8. The van der Waals surface area contributed by atoms with E-state index in [1.807, 2.05) is 17.8 Å². The molecule has 0 bridgehead atoms. The van der Waals surface area contributed by atoms with E-state index in [9.17, 15) is 4.79 Å². The van der Waals surface area contributed by atoms with E-state index in [4.69, 9.17) is 4.74 Å². The first-order chi connectivity index (χ1) is 8.14. The first-order valence-electron chi connectivity index (χ1n) is 6.26. The van der Waals surface area contributed by atoms with Crippen molar-refractivity contribution < 1.29 is 9.53 Å². The highest BCUT2D eigenvalue weighted by Crippen LogP contribution is 2.43. The summed E-state index contributed by atoms with van der Waals surface area (Å²) in [6.45, 7) is 4.70. The Morgan fingerprint density at radius 1 is 1.53 bits per heavy atom. The Morgan fingerprint density at radius 2 is 2.24 bits per heavy atom. The molecule has 0 saturated carbocycles. The number of hydrogen-bond donors (Lipinski definition) is 0. The standard InChI is InChI=1S/C13H20N2O2/c1-4-13(5-2)10(8-17-12(13)16)6-11-7-14-9-15(11)3/h7,9-10H,4-6,8H2,1-3H3/t10-/m0/s1. The van der Waals surface area contributed by atoms with E-state index >= 15 is 0 Å². The van der Waals surface area contributed by atoms with Crippen molar-refractivity contribution in [2.75, 3.05) is 6.61 Å². The number of esters is 1. The third kappa shape index (κ3) is 1.85. The third-order valence-electron chi connectivity index (χ3n) is 4.24. The van der Waals surface area contributed by atoms with Gasteiger partial charge in [-0.1, -0.05) is 13.8 Å². The number of cyclic esters (lactones) is 1. The maximum atomic E-state index is 11.9. The lowest BCUT2D eigenvalue weighted by atomic mass is 9.71. The van der Waals surface area contributed by atoms with Crippen molar-refractivity contribution in [3.63, 3.8) is 0 Å². The average molecular weight is 236 g/mol. The minimum absolute atomic E-state index is 0.0188. The van der Waals surface area contributed by atoms with Crippen molar-refractivity contribution in [3.8, 4) is 0 Å². The van der Waals surface area contributed by atoms with Gasteiger partial charge in [0.15, 0.2) is 0 Å². The average Bonchev–Trinajstić information content (AvgIpc) is 2.86. The van der Waals surface area contributed by atoms with E-state index in [-0.39, 0.29) is 17.3 Å². The summed E-state index contributed by atoms with van der Waals surface area (Å²) < 4.78 is 7.30. The summed E-state index contributed by atoms with van der Waals surface area (Å²) in [5.74, 6) is 0.259. The number of carbonyl (C=O) groups excluding carboxylic acids is 1. The summed E-state index contributed by atoms with van der Waals surface area (Å²) in [5, 5.41) is 0. The second-order valence-electron chi connectivity index (χ2n) is 4.86. The molecule has 2 heterocycles. The molecule has 0 amide bonds. The molecule has 17 heavy (non-hydrogen) atoms. The fraction of sp³-hybridized carbons (Fsp3) is 0.692. The van der Waals surface area contributed by atoms with Crippen LogP contribution in [-0.2, 0) is 23.0 Å². The van der Waals surface area contributed by atoms with Crippen molar-refractivity contribution in [2.24, 2.45) is 18.4 Å². The van der Waals surface area contributed by atoms with Gasteiger partial charge in [-0.25, -0.2) is 4.98 Å². The van der Waals surface area contributed by atoms with E-state index in [1.165, 1.54) is 5.69 Å². The van der Waals surface area contributed by atoms with Crippen LogP contribution in [0.1, 0.15) is 32.4 Å². The van der Waals surface area contributed by atoms with Gasteiger partial charge in [-0.05, 0) is 19.3 Å². The fourth-order valence-corrected chi connectivity index (χ4v) is 2.85. The van der Waals surface area contributed by atoms with Crippen molar-refractivity contribution in [3.05, 3.63) is 18.2 Å². The van der Waals surface area contributed by atoms with Crippen molar-refractivity contribution in [2.45, 2.75) is 33.1 Å². The molecule has 0 aliphatic carbocycles. The topological polar surface area (TPSA) is 44.1 Å². The zero-order valence-electron chi connectivity index (χ0n) is 10.8. The van der Waals surface area contributed by atoms with Gasteiger partial charge in [0, 0.05) is 24.9 Å². The number of hydrogen-bond acceptors (Lipinski definition) is 3. The Bertz CT molecular complexity index is 407. The molecule has 0 unspecified atom stereocenters. The number of aromatic nitrogens is 2. The molecule has 1 atom stereocenters. The molecule has 1 aromatic rings. The second-order valence-corrected chi connectivity index (χ2v) is 4.86. The lowest BCUT2D eigenvalue weighted by Crippen LogP contribution is -2.33. The molecule has 0 radical (unpaired) electrons. The molecule has 1 aromatic heterocycles. The highest BCUT2D eigenvalue weighted by Gasteiger charge is 2.49. The lowest BCUT2D eigenvalue weighted by Gasteiger charge is -2.28. The first-order valence-corrected chi connectivity index (χ1v) is 6.26. The van der Waals surface area contributed by atoms with Crippen molar-refractivity contribution in [1.29, 1.82) is 0 Å². The molecule has 94 valence electrons. The molecule has 1 saturated heterocycles. The smallest absolute Gasteiger partial charge is 0.312 e. The Balaban J connectivity index is 2.21. The maximum Gasteiger partial charge on any atom is 0.312 e. The van der Waals surface area contributed by atoms with Crippen LogP contribution in [0.3, 0.4) is 0 Å². The van der Waals surface area contributed by atoms with E-state index < -0.39 is 0 Å². The van der Waals surface area contributed by atoms with Crippen LogP contribution >= 0.6 is 0 Å². The summed E-state index contributed by atoms with van der Waals surface area (Å²) >= 11 is 0. The van der Waals surface area contributed by atoms with Gasteiger partial charge < -0.3 is 9.30 Å². The summed E-state index contributed by atoms with van der Waals surface area (Å²) in [6, 6.07) is 0. The van der Waals surface area contributed by atoms with Crippen LogP contribution in [0, 0.1) is 11.3 Å². The predicted molar refractivity (Wildman–Crippen MR) is 64.4 cm³/mol. The number of rotatable bonds is 4. The van der Waals surface area contributed by atoms with Crippen LogP contribution in [0.25, 0.3) is 0 Å². The van der Waals surface area contributed by atoms with Gasteiger partial charge in [0.05, 0.1) is 18.3 Å². The zero-order chi connectivity index (χ0) is 12.5. The SMILES string of the molecule is CCC1(CC)C(=O)OC[C@@H]1Cc1cncn1C. The van der Waals surface area contributed by atoms with Crippen LogP contribution in [0.5, 0.6) is 0 Å². The van der Waals surface area contributed by atoms with Gasteiger partial charge in [-0.3, -0.25) is 4.79 Å². The molecular formula is C13H20N2O2. The predicted octanol–water partition coefficient (Wildman–Crippen LogP) is 1.94. The van der Waals surface area contributed by atoms with Gasteiger partial charge in [-0.15, -0.1) is 0 Å². The molecule has 2 rings (SSSR count). The molecular weight excluding hydrogens is 216 g/mol. The number of nitrogens with zero attached hydrogens (tertiary/aromatic N) is 2. The normalized spacial score (nSPS) is 22.8. The summed E-state index contributed by atoms with van der Waals surface area (Å²) in [7, 11) is 1.99. The largest absolute Gasteiger partial charge is 0.465 e. The molecule has 1 aliphatic heterocycles. The van der Waals surface area contributed by atoms with Crippen LogP contribution in [0.2, 0.25) is 0 Å². The van der Waals surface area contributed by atoms with Crippen LogP contribution in [-0.4, -0.2) is 22.1 Å². The van der Waals surface area contributed by atoms with Crippen LogP contribution in [0.4, 0.5) is 0 Å². The monoisotopic (exact) mass is 236 g/mol. The Morgan fingerprint density at radius 3 is 2.76 bits per heavy atom. The minimum atomic E-state index is -0.287. The van der Waals surface area contributed by atoms with Gasteiger partial charge in [0.2, 0.25) is 0 Å². The van der Waals surface area contributed by atoms with Gasteiger partial charge >= 0.3 is 5.97 Å². The van der Waals surface area contributed by atoms with Crippen molar-refractivity contribution >= 4 is 5.97 Å². The Hall–Kier alpha value is -1.32. The summed E-state index contributed by atoms with van der Waals surface area (Å²) in [4.78, 5) is 16.1. The number of imidazole rings is 1. The van der Waals surface area contributed by atoms with E-state index in [2.05, 4.69) is 18.8 Å². The van der Waals surface area contributed by atoms with E-state index in [0.29, 0.717) is 6.61 Å². The number of ether oxygens (including phenoxy) is 1. The van der Waals surface area contributed by atoms with Gasteiger partial charge in [0.1, 0.15) is 0 Å². The van der Waals surface area contributed by atoms with E-state index in [0.717, 1.165) is 19.3 Å². The Kier molecular flexibility index (Phi) is 3.22. The highest BCUT2D eigenvalue weighted by molar-refractivity contribution is 5.79. The van der Waals surface area contributed by atoms with Gasteiger partial charge in [0.25, 0.3) is 0 Å². The highest BCUT2D eigenvalue weighted by atomic mass is 16.5. The third-order valence-corrected chi connectivity index (χ3v) is 4.24. The minimum Gasteiger partial charge on any atom is -0.465 e. The summed E-state index contributed by atoms with van der Waals surface area (Å²) in [5.41, 5.74) is 0.879. The van der Waals surface area contributed by atoms with E-state index in [1.54, 1.807) is 6.33 Å². The molecule has 1 fully saturated rings. The molecule has 4 heteroatoms. The van der Waals surface area contributed by atoms with Crippen molar-refractivity contribution in [1.82, 2.24) is 9.55 Å². The number of carbonyl (C=O) groups is 1. The molecule has 0 N–H and O–H groups in total. The molecule has 4 nitrogen and oxygen atoms in total.